The predicted molar refractivity (Wildman–Crippen MR) is 57.7 cm³/mol. The van der Waals surface area contributed by atoms with Gasteiger partial charge in [0.1, 0.15) is 6.61 Å². The SMILES string of the molecule is CC1=C(c2ccc(Br)cc2)COC1=O. The van der Waals surface area contributed by atoms with Gasteiger partial charge in [-0.25, -0.2) is 4.79 Å². The van der Waals surface area contributed by atoms with Crippen molar-refractivity contribution in [3.63, 3.8) is 0 Å². The van der Waals surface area contributed by atoms with Crippen molar-refractivity contribution in [2.45, 2.75) is 6.92 Å². The summed E-state index contributed by atoms with van der Waals surface area (Å²) in [6, 6.07) is 7.87. The molecule has 1 aromatic carbocycles. The summed E-state index contributed by atoms with van der Waals surface area (Å²) in [6.45, 7) is 2.19. The van der Waals surface area contributed by atoms with Crippen LogP contribution in [0.2, 0.25) is 0 Å². The van der Waals surface area contributed by atoms with Crippen LogP contribution in [0.3, 0.4) is 0 Å². The number of halogens is 1. The molecule has 2 rings (SSSR count). The molecule has 0 N–H and O–H groups in total. The molecule has 3 heteroatoms. The topological polar surface area (TPSA) is 26.3 Å². The van der Waals surface area contributed by atoms with Gasteiger partial charge < -0.3 is 4.74 Å². The Morgan fingerprint density at radius 3 is 2.43 bits per heavy atom. The molecule has 0 fully saturated rings. The molecule has 0 saturated heterocycles. The van der Waals surface area contributed by atoms with Gasteiger partial charge in [-0.2, -0.15) is 0 Å². The largest absolute Gasteiger partial charge is 0.457 e. The second kappa shape index (κ2) is 3.58. The molecule has 0 aromatic heterocycles. The van der Waals surface area contributed by atoms with Crippen molar-refractivity contribution in [2.75, 3.05) is 6.61 Å². The van der Waals surface area contributed by atoms with Crippen molar-refractivity contribution in [3.05, 3.63) is 39.9 Å². The van der Waals surface area contributed by atoms with E-state index in [1.54, 1.807) is 6.92 Å². The zero-order chi connectivity index (χ0) is 10.1. The molecule has 0 spiro atoms. The van der Waals surface area contributed by atoms with Crippen LogP contribution in [0.15, 0.2) is 34.3 Å². The van der Waals surface area contributed by atoms with Crippen molar-refractivity contribution >= 4 is 27.5 Å². The number of benzene rings is 1. The van der Waals surface area contributed by atoms with Gasteiger partial charge in [-0.15, -0.1) is 0 Å². The van der Waals surface area contributed by atoms with Crippen LogP contribution in [0.1, 0.15) is 12.5 Å². The number of hydrogen-bond donors (Lipinski definition) is 0. The van der Waals surface area contributed by atoms with Crippen LogP contribution >= 0.6 is 15.9 Å². The fraction of sp³-hybridized carbons (Fsp3) is 0.182. The Balaban J connectivity index is 2.41. The summed E-state index contributed by atoms with van der Waals surface area (Å²) in [4.78, 5) is 11.1. The predicted octanol–water partition coefficient (Wildman–Crippen LogP) is 2.78. The first-order valence-electron chi connectivity index (χ1n) is 4.31. The van der Waals surface area contributed by atoms with Gasteiger partial charge in [0.25, 0.3) is 0 Å². The summed E-state index contributed by atoms with van der Waals surface area (Å²) in [5, 5.41) is 0. The summed E-state index contributed by atoms with van der Waals surface area (Å²) < 4.78 is 5.97. The van der Waals surface area contributed by atoms with Gasteiger partial charge in [0.15, 0.2) is 0 Å². The van der Waals surface area contributed by atoms with E-state index in [9.17, 15) is 4.79 Å². The molecule has 1 aliphatic rings. The van der Waals surface area contributed by atoms with E-state index in [0.717, 1.165) is 15.6 Å². The molecular formula is C11H9BrO2. The van der Waals surface area contributed by atoms with Gasteiger partial charge in [0.2, 0.25) is 0 Å². The van der Waals surface area contributed by atoms with Gasteiger partial charge in [0, 0.05) is 15.6 Å². The molecule has 1 aromatic rings. The van der Waals surface area contributed by atoms with Crippen molar-refractivity contribution in [3.8, 4) is 0 Å². The zero-order valence-electron chi connectivity index (χ0n) is 7.71. The van der Waals surface area contributed by atoms with Crippen molar-refractivity contribution in [2.24, 2.45) is 0 Å². The van der Waals surface area contributed by atoms with Crippen LogP contribution in [-0.4, -0.2) is 12.6 Å². The molecule has 0 amide bonds. The van der Waals surface area contributed by atoms with E-state index < -0.39 is 0 Å². The van der Waals surface area contributed by atoms with E-state index in [4.69, 9.17) is 4.74 Å². The zero-order valence-corrected chi connectivity index (χ0v) is 9.30. The van der Waals surface area contributed by atoms with Crippen molar-refractivity contribution < 1.29 is 9.53 Å². The quantitative estimate of drug-likeness (QED) is 0.719. The fourth-order valence-electron chi connectivity index (χ4n) is 1.43. The van der Waals surface area contributed by atoms with E-state index in [2.05, 4.69) is 15.9 Å². The summed E-state index contributed by atoms with van der Waals surface area (Å²) in [7, 11) is 0. The van der Waals surface area contributed by atoms with Crippen LogP contribution in [0.25, 0.3) is 5.57 Å². The van der Waals surface area contributed by atoms with Crippen LogP contribution in [0.4, 0.5) is 0 Å². The Morgan fingerprint density at radius 1 is 1.29 bits per heavy atom. The Morgan fingerprint density at radius 2 is 1.93 bits per heavy atom. The first kappa shape index (κ1) is 9.46. The molecule has 0 aliphatic carbocycles. The van der Waals surface area contributed by atoms with Crippen LogP contribution in [0, 0.1) is 0 Å². The third-order valence-electron chi connectivity index (χ3n) is 2.30. The highest BCUT2D eigenvalue weighted by Crippen LogP contribution is 2.26. The Kier molecular flexibility index (Phi) is 2.42. The van der Waals surface area contributed by atoms with Gasteiger partial charge in [0.05, 0.1) is 0 Å². The number of esters is 1. The minimum Gasteiger partial charge on any atom is -0.457 e. The van der Waals surface area contributed by atoms with E-state index in [0.29, 0.717) is 12.2 Å². The second-order valence-corrected chi connectivity index (χ2v) is 4.10. The molecule has 2 nitrogen and oxygen atoms in total. The number of carbonyl (C=O) groups is 1. The highest BCUT2D eigenvalue weighted by atomic mass is 79.9. The summed E-state index contributed by atoms with van der Waals surface area (Å²) in [6.07, 6.45) is 0. The van der Waals surface area contributed by atoms with E-state index >= 15 is 0 Å². The number of rotatable bonds is 1. The van der Waals surface area contributed by atoms with Gasteiger partial charge in [-0.3, -0.25) is 0 Å². The third kappa shape index (κ3) is 1.60. The van der Waals surface area contributed by atoms with Gasteiger partial charge in [-0.1, -0.05) is 28.1 Å². The average molecular weight is 253 g/mol. The lowest BCUT2D eigenvalue weighted by Crippen LogP contribution is -1.94. The minimum absolute atomic E-state index is 0.206. The lowest BCUT2D eigenvalue weighted by molar-refractivity contribution is -0.135. The lowest BCUT2D eigenvalue weighted by Gasteiger charge is -2.01. The summed E-state index contributed by atoms with van der Waals surface area (Å²) in [5.74, 6) is -0.206. The molecule has 0 bridgehead atoms. The highest BCUT2D eigenvalue weighted by Gasteiger charge is 2.21. The van der Waals surface area contributed by atoms with Crippen LogP contribution in [0.5, 0.6) is 0 Å². The van der Waals surface area contributed by atoms with Gasteiger partial charge >= 0.3 is 5.97 Å². The maximum Gasteiger partial charge on any atom is 0.334 e. The van der Waals surface area contributed by atoms with Crippen LogP contribution in [-0.2, 0) is 9.53 Å². The molecular weight excluding hydrogens is 244 g/mol. The number of carbonyl (C=O) groups excluding carboxylic acids is 1. The Bertz CT molecular complexity index is 404. The molecule has 0 radical (unpaired) electrons. The van der Waals surface area contributed by atoms with E-state index in [1.807, 2.05) is 24.3 Å². The minimum atomic E-state index is -0.206. The Hall–Kier alpha value is -1.09. The maximum atomic E-state index is 11.1. The summed E-state index contributed by atoms with van der Waals surface area (Å²) >= 11 is 3.37. The first-order chi connectivity index (χ1) is 6.68. The average Bonchev–Trinajstić information content (AvgIpc) is 2.50. The van der Waals surface area contributed by atoms with E-state index in [-0.39, 0.29) is 5.97 Å². The first-order valence-corrected chi connectivity index (χ1v) is 5.10. The number of hydrogen-bond acceptors (Lipinski definition) is 2. The molecule has 72 valence electrons. The van der Waals surface area contributed by atoms with Gasteiger partial charge in [-0.05, 0) is 24.6 Å². The molecule has 14 heavy (non-hydrogen) atoms. The normalized spacial score (nSPS) is 16.0. The molecule has 1 aliphatic heterocycles. The fourth-order valence-corrected chi connectivity index (χ4v) is 1.69. The second-order valence-electron chi connectivity index (χ2n) is 3.19. The molecule has 1 heterocycles. The molecule has 0 unspecified atom stereocenters. The lowest BCUT2D eigenvalue weighted by atomic mass is 10.0. The van der Waals surface area contributed by atoms with Crippen LogP contribution < -0.4 is 0 Å². The van der Waals surface area contributed by atoms with Crippen molar-refractivity contribution in [1.29, 1.82) is 0 Å². The Labute approximate surface area is 90.7 Å². The number of ether oxygens (including phenoxy) is 1. The smallest absolute Gasteiger partial charge is 0.334 e. The molecule has 0 atom stereocenters. The summed E-state index contributed by atoms with van der Waals surface area (Å²) in [5.41, 5.74) is 2.76. The monoisotopic (exact) mass is 252 g/mol. The maximum absolute atomic E-state index is 11.1. The highest BCUT2D eigenvalue weighted by molar-refractivity contribution is 9.10. The van der Waals surface area contributed by atoms with Crippen molar-refractivity contribution in [1.82, 2.24) is 0 Å². The molecule has 0 saturated carbocycles. The number of cyclic esters (lactones) is 1. The van der Waals surface area contributed by atoms with E-state index in [1.165, 1.54) is 0 Å². The standard InChI is InChI=1S/C11H9BrO2/c1-7-10(6-14-11(7)13)8-2-4-9(12)5-3-8/h2-5H,6H2,1H3. The third-order valence-corrected chi connectivity index (χ3v) is 2.83.